The van der Waals surface area contributed by atoms with Crippen molar-refractivity contribution in [3.8, 4) is 5.75 Å². The molecule has 1 aliphatic rings. The van der Waals surface area contributed by atoms with E-state index in [1.807, 2.05) is 53.5 Å². The molecule has 0 radical (unpaired) electrons. The molecule has 24 heavy (non-hydrogen) atoms. The highest BCUT2D eigenvalue weighted by Crippen LogP contribution is 2.18. The van der Waals surface area contributed by atoms with Crippen LogP contribution in [0.4, 0.5) is 0 Å². The standard InChI is InChI=1S/C18H19ClN2O3/c1-22-11-10-21-13-24-18(20-21)15-4-8-17(9-5-15)23-12-14-2-6-16(19)7-3-14/h2-9H,10-13H2,1H3. The van der Waals surface area contributed by atoms with Gasteiger partial charge in [0.1, 0.15) is 12.4 Å². The fourth-order valence-corrected chi connectivity index (χ4v) is 2.34. The van der Waals surface area contributed by atoms with Crippen LogP contribution in [-0.4, -0.2) is 37.9 Å². The minimum Gasteiger partial charge on any atom is -0.489 e. The van der Waals surface area contributed by atoms with Gasteiger partial charge < -0.3 is 14.2 Å². The average molecular weight is 347 g/mol. The van der Waals surface area contributed by atoms with Crippen molar-refractivity contribution >= 4 is 17.5 Å². The van der Waals surface area contributed by atoms with Crippen molar-refractivity contribution in [2.45, 2.75) is 6.61 Å². The molecule has 6 heteroatoms. The lowest BCUT2D eigenvalue weighted by Gasteiger charge is -2.09. The molecule has 0 saturated heterocycles. The number of benzene rings is 2. The van der Waals surface area contributed by atoms with Gasteiger partial charge in [0.2, 0.25) is 5.90 Å². The van der Waals surface area contributed by atoms with Crippen molar-refractivity contribution in [3.05, 3.63) is 64.7 Å². The van der Waals surface area contributed by atoms with Crippen molar-refractivity contribution in [1.82, 2.24) is 5.01 Å². The fraction of sp³-hybridized carbons (Fsp3) is 0.278. The molecule has 0 N–H and O–H groups in total. The number of methoxy groups -OCH3 is 1. The van der Waals surface area contributed by atoms with Gasteiger partial charge in [-0.3, -0.25) is 5.01 Å². The molecule has 1 heterocycles. The third kappa shape index (κ3) is 4.40. The highest BCUT2D eigenvalue weighted by molar-refractivity contribution is 6.30. The average Bonchev–Trinajstić information content (AvgIpc) is 3.09. The van der Waals surface area contributed by atoms with Crippen LogP contribution in [0.5, 0.6) is 5.75 Å². The number of hydrazone groups is 1. The van der Waals surface area contributed by atoms with Gasteiger partial charge in [-0.1, -0.05) is 23.7 Å². The molecule has 0 spiro atoms. The summed E-state index contributed by atoms with van der Waals surface area (Å²) in [6.45, 7) is 2.28. The van der Waals surface area contributed by atoms with Crippen LogP contribution in [0, 0.1) is 0 Å². The number of hydrogen-bond donors (Lipinski definition) is 0. The molecule has 0 amide bonds. The summed E-state index contributed by atoms with van der Waals surface area (Å²) in [5.74, 6) is 1.42. The van der Waals surface area contributed by atoms with Gasteiger partial charge in [0.05, 0.1) is 13.2 Å². The normalized spacial score (nSPS) is 13.6. The molecule has 0 bridgehead atoms. The first kappa shape index (κ1) is 16.6. The fourth-order valence-electron chi connectivity index (χ4n) is 2.22. The maximum atomic E-state index is 5.87. The van der Waals surface area contributed by atoms with Crippen LogP contribution < -0.4 is 4.74 Å². The largest absolute Gasteiger partial charge is 0.489 e. The highest BCUT2D eigenvalue weighted by atomic mass is 35.5. The van der Waals surface area contributed by atoms with Crippen LogP contribution in [0.25, 0.3) is 0 Å². The second-order valence-electron chi connectivity index (χ2n) is 5.34. The van der Waals surface area contributed by atoms with E-state index in [1.54, 1.807) is 7.11 Å². The molecule has 0 saturated carbocycles. The minimum atomic E-state index is 0.452. The summed E-state index contributed by atoms with van der Waals surface area (Å²) in [5, 5.41) is 6.98. The van der Waals surface area contributed by atoms with Gasteiger partial charge in [0, 0.05) is 17.7 Å². The first-order valence-electron chi connectivity index (χ1n) is 7.67. The van der Waals surface area contributed by atoms with Crippen LogP contribution in [0.1, 0.15) is 11.1 Å². The Bertz CT molecular complexity index is 686. The number of ether oxygens (including phenoxy) is 3. The molecule has 0 unspecified atom stereocenters. The first-order valence-corrected chi connectivity index (χ1v) is 8.05. The van der Waals surface area contributed by atoms with Gasteiger partial charge in [-0.05, 0) is 42.0 Å². The van der Waals surface area contributed by atoms with Gasteiger partial charge >= 0.3 is 0 Å². The minimum absolute atomic E-state index is 0.452. The lowest BCUT2D eigenvalue weighted by molar-refractivity contribution is 0.114. The SMILES string of the molecule is COCCN1COC(c2ccc(OCc3ccc(Cl)cc3)cc2)=N1. The van der Waals surface area contributed by atoms with Crippen LogP contribution >= 0.6 is 11.6 Å². The van der Waals surface area contributed by atoms with Crippen molar-refractivity contribution in [1.29, 1.82) is 0 Å². The van der Waals surface area contributed by atoms with Crippen LogP contribution in [0.2, 0.25) is 5.02 Å². The quantitative estimate of drug-likeness (QED) is 0.769. The van der Waals surface area contributed by atoms with E-state index < -0.39 is 0 Å². The molecular formula is C18H19ClN2O3. The van der Waals surface area contributed by atoms with E-state index >= 15 is 0 Å². The van der Waals surface area contributed by atoms with Gasteiger partial charge in [-0.15, -0.1) is 5.10 Å². The van der Waals surface area contributed by atoms with Crippen molar-refractivity contribution in [3.63, 3.8) is 0 Å². The molecule has 1 aliphatic heterocycles. The molecule has 0 fully saturated rings. The van der Waals surface area contributed by atoms with E-state index in [-0.39, 0.29) is 0 Å². The monoisotopic (exact) mass is 346 g/mol. The molecule has 5 nitrogen and oxygen atoms in total. The van der Waals surface area contributed by atoms with E-state index in [2.05, 4.69) is 5.10 Å². The first-order chi connectivity index (χ1) is 11.7. The summed E-state index contributed by atoms with van der Waals surface area (Å²) in [4.78, 5) is 0. The van der Waals surface area contributed by atoms with Crippen LogP contribution in [0.15, 0.2) is 53.6 Å². The van der Waals surface area contributed by atoms with Gasteiger partial charge in [0.15, 0.2) is 6.73 Å². The number of hydrogen-bond acceptors (Lipinski definition) is 5. The summed E-state index contributed by atoms with van der Waals surface area (Å²) in [7, 11) is 1.67. The van der Waals surface area contributed by atoms with Gasteiger partial charge in [0.25, 0.3) is 0 Å². The van der Waals surface area contributed by atoms with E-state index in [4.69, 9.17) is 25.8 Å². The second kappa shape index (κ2) is 8.04. The van der Waals surface area contributed by atoms with Gasteiger partial charge in [-0.25, -0.2) is 0 Å². The smallest absolute Gasteiger partial charge is 0.240 e. The summed E-state index contributed by atoms with van der Waals surface area (Å²) in [5.41, 5.74) is 1.99. The molecular weight excluding hydrogens is 328 g/mol. The Morgan fingerprint density at radius 3 is 2.58 bits per heavy atom. The summed E-state index contributed by atoms with van der Waals surface area (Å²) in [6, 6.07) is 15.3. The third-order valence-electron chi connectivity index (χ3n) is 3.56. The zero-order valence-corrected chi connectivity index (χ0v) is 14.2. The number of nitrogens with zero attached hydrogens (tertiary/aromatic N) is 2. The highest BCUT2D eigenvalue weighted by Gasteiger charge is 2.16. The van der Waals surface area contributed by atoms with Crippen LogP contribution in [-0.2, 0) is 16.1 Å². The lowest BCUT2D eigenvalue weighted by atomic mass is 10.2. The Hall–Kier alpha value is -2.24. The molecule has 3 rings (SSSR count). The van der Waals surface area contributed by atoms with Crippen LogP contribution in [0.3, 0.4) is 0 Å². The van der Waals surface area contributed by atoms with E-state index in [0.717, 1.165) is 21.9 Å². The Labute approximate surface area is 146 Å². The Morgan fingerprint density at radius 1 is 1.12 bits per heavy atom. The number of rotatable bonds is 7. The van der Waals surface area contributed by atoms with Crippen molar-refractivity contribution in [2.24, 2.45) is 5.10 Å². The Kier molecular flexibility index (Phi) is 5.56. The Morgan fingerprint density at radius 2 is 1.88 bits per heavy atom. The molecule has 2 aromatic rings. The summed E-state index contributed by atoms with van der Waals surface area (Å²) >= 11 is 5.87. The summed E-state index contributed by atoms with van der Waals surface area (Å²) in [6.07, 6.45) is 0. The molecule has 0 aromatic heterocycles. The number of halogens is 1. The van der Waals surface area contributed by atoms with E-state index in [9.17, 15) is 0 Å². The van der Waals surface area contributed by atoms with Gasteiger partial charge in [-0.2, -0.15) is 0 Å². The topological polar surface area (TPSA) is 43.3 Å². The zero-order valence-electron chi connectivity index (χ0n) is 13.4. The molecule has 0 atom stereocenters. The van der Waals surface area contributed by atoms with E-state index in [1.165, 1.54) is 0 Å². The van der Waals surface area contributed by atoms with Crippen molar-refractivity contribution < 1.29 is 14.2 Å². The molecule has 126 valence electrons. The summed E-state index contributed by atoms with van der Waals surface area (Å²) < 4.78 is 16.4. The lowest BCUT2D eigenvalue weighted by Crippen LogP contribution is -2.19. The maximum Gasteiger partial charge on any atom is 0.240 e. The predicted molar refractivity (Wildman–Crippen MR) is 93.3 cm³/mol. The van der Waals surface area contributed by atoms with E-state index in [0.29, 0.717) is 32.4 Å². The second-order valence-corrected chi connectivity index (χ2v) is 5.78. The predicted octanol–water partition coefficient (Wildman–Crippen LogP) is 3.52. The zero-order chi connectivity index (χ0) is 16.8. The van der Waals surface area contributed by atoms with Crippen molar-refractivity contribution in [2.75, 3.05) is 27.0 Å². The Balaban J connectivity index is 1.56. The third-order valence-corrected chi connectivity index (χ3v) is 3.81. The molecule has 0 aliphatic carbocycles. The maximum absolute atomic E-state index is 5.87. The molecule has 2 aromatic carbocycles.